The van der Waals surface area contributed by atoms with Gasteiger partial charge in [0.25, 0.3) is 0 Å². The van der Waals surface area contributed by atoms with E-state index < -0.39 is 11.9 Å². The fourth-order valence-corrected chi connectivity index (χ4v) is 2.97. The Morgan fingerprint density at radius 3 is 2.67 bits per heavy atom. The average molecular weight is 389 g/mol. The number of carbonyl (C=O) groups is 2. The van der Waals surface area contributed by atoms with Gasteiger partial charge in [-0.2, -0.15) is 0 Å². The maximum atomic E-state index is 11.9. The van der Waals surface area contributed by atoms with Crippen molar-refractivity contribution in [1.82, 2.24) is 25.4 Å². The van der Waals surface area contributed by atoms with Crippen molar-refractivity contribution < 1.29 is 14.3 Å². The highest BCUT2D eigenvalue weighted by atomic mass is 32.2. The molecule has 9 heteroatoms. The maximum absolute atomic E-state index is 11.9. The second kappa shape index (κ2) is 10.4. The van der Waals surface area contributed by atoms with Crippen LogP contribution in [0.1, 0.15) is 13.3 Å². The molecule has 0 bridgehead atoms. The van der Waals surface area contributed by atoms with Crippen LogP contribution >= 0.6 is 11.8 Å². The van der Waals surface area contributed by atoms with Gasteiger partial charge in [0.15, 0.2) is 11.0 Å². The molecule has 1 aromatic carbocycles. The monoisotopic (exact) mass is 389 g/mol. The van der Waals surface area contributed by atoms with Crippen LogP contribution in [0.15, 0.2) is 42.1 Å². The lowest BCUT2D eigenvalue weighted by atomic mass is 10.2. The van der Waals surface area contributed by atoms with E-state index in [-0.39, 0.29) is 5.75 Å². The van der Waals surface area contributed by atoms with Gasteiger partial charge in [0, 0.05) is 18.7 Å². The molecule has 0 radical (unpaired) electrons. The van der Waals surface area contributed by atoms with Crippen LogP contribution in [-0.4, -0.2) is 46.1 Å². The number of amides is 3. The molecule has 0 saturated heterocycles. The molecular weight excluding hydrogens is 366 g/mol. The van der Waals surface area contributed by atoms with E-state index in [2.05, 4.69) is 27.4 Å². The third-order valence-corrected chi connectivity index (χ3v) is 4.46. The lowest BCUT2D eigenvalue weighted by molar-refractivity contribution is -0.117. The number of imide groups is 1. The van der Waals surface area contributed by atoms with Crippen LogP contribution in [0.3, 0.4) is 0 Å². The first-order valence-corrected chi connectivity index (χ1v) is 9.46. The number of benzene rings is 1. The van der Waals surface area contributed by atoms with Crippen LogP contribution < -0.4 is 15.4 Å². The predicted octanol–water partition coefficient (Wildman–Crippen LogP) is 2.47. The third kappa shape index (κ3) is 5.85. The summed E-state index contributed by atoms with van der Waals surface area (Å²) in [6.45, 7) is 6.71. The first-order valence-electron chi connectivity index (χ1n) is 8.48. The molecular formula is C18H23N5O3S. The van der Waals surface area contributed by atoms with Crippen LogP contribution in [0.5, 0.6) is 5.75 Å². The molecule has 0 atom stereocenters. The minimum Gasteiger partial charge on any atom is -0.497 e. The number of nitrogens with one attached hydrogen (secondary N) is 2. The van der Waals surface area contributed by atoms with Gasteiger partial charge in [0.05, 0.1) is 12.9 Å². The van der Waals surface area contributed by atoms with Crippen molar-refractivity contribution >= 4 is 23.7 Å². The minimum atomic E-state index is -0.492. The topological polar surface area (TPSA) is 98.1 Å². The molecule has 0 unspecified atom stereocenters. The summed E-state index contributed by atoms with van der Waals surface area (Å²) in [4.78, 5) is 23.4. The third-order valence-electron chi connectivity index (χ3n) is 3.50. The van der Waals surface area contributed by atoms with Crippen LogP contribution in [0.4, 0.5) is 4.79 Å². The zero-order valence-corrected chi connectivity index (χ0v) is 16.2. The van der Waals surface area contributed by atoms with Gasteiger partial charge in [0.2, 0.25) is 5.91 Å². The van der Waals surface area contributed by atoms with Crippen molar-refractivity contribution in [3.8, 4) is 17.1 Å². The van der Waals surface area contributed by atoms with Crippen LogP contribution in [0.2, 0.25) is 0 Å². The second-order valence-electron chi connectivity index (χ2n) is 5.53. The summed E-state index contributed by atoms with van der Waals surface area (Å²) in [5.74, 6) is 1.08. The maximum Gasteiger partial charge on any atom is 0.321 e. The number of methoxy groups -OCH3 is 1. The summed E-state index contributed by atoms with van der Waals surface area (Å²) in [5.41, 5.74) is 0.875. The lowest BCUT2D eigenvalue weighted by Crippen LogP contribution is -2.40. The van der Waals surface area contributed by atoms with Crippen molar-refractivity contribution in [2.75, 3.05) is 19.4 Å². The molecule has 1 heterocycles. The van der Waals surface area contributed by atoms with Crippen molar-refractivity contribution in [3.63, 3.8) is 0 Å². The standard InChI is InChI=1S/C18H23N5O3S/c1-4-10-19-17(25)20-15(24)12-27-18-22-21-16(23(18)11-5-2)13-6-8-14(26-3)9-7-13/h5-9H,2,4,10-12H2,1,3H3,(H2,19,20,24,25). The van der Waals surface area contributed by atoms with Gasteiger partial charge in [-0.25, -0.2) is 4.79 Å². The first kappa shape index (κ1) is 20.5. The normalized spacial score (nSPS) is 10.3. The number of nitrogens with zero attached hydrogens (tertiary/aromatic N) is 3. The zero-order valence-electron chi connectivity index (χ0n) is 15.4. The molecule has 2 aromatic rings. The van der Waals surface area contributed by atoms with E-state index in [4.69, 9.17) is 4.74 Å². The Bertz CT molecular complexity index is 789. The summed E-state index contributed by atoms with van der Waals surface area (Å²) in [5, 5.41) is 13.9. The van der Waals surface area contributed by atoms with E-state index in [1.54, 1.807) is 13.2 Å². The van der Waals surface area contributed by atoms with Gasteiger partial charge in [-0.05, 0) is 30.7 Å². The molecule has 0 aliphatic carbocycles. The number of rotatable bonds is 9. The molecule has 0 saturated carbocycles. The van der Waals surface area contributed by atoms with Crippen LogP contribution in [0, 0.1) is 0 Å². The fourth-order valence-electron chi connectivity index (χ4n) is 2.22. The number of aromatic nitrogens is 3. The quantitative estimate of drug-likeness (QED) is 0.505. The Morgan fingerprint density at radius 1 is 1.30 bits per heavy atom. The summed E-state index contributed by atoms with van der Waals surface area (Å²) < 4.78 is 7.03. The van der Waals surface area contributed by atoms with Crippen molar-refractivity contribution in [1.29, 1.82) is 0 Å². The summed E-state index contributed by atoms with van der Waals surface area (Å²) in [6.07, 6.45) is 2.54. The van der Waals surface area contributed by atoms with Gasteiger partial charge in [-0.15, -0.1) is 16.8 Å². The summed E-state index contributed by atoms with van der Waals surface area (Å²) >= 11 is 1.21. The fraction of sp³-hybridized carbons (Fsp3) is 0.333. The molecule has 27 heavy (non-hydrogen) atoms. The number of hydrogen-bond acceptors (Lipinski definition) is 6. The molecule has 8 nitrogen and oxygen atoms in total. The van der Waals surface area contributed by atoms with E-state index in [1.165, 1.54) is 11.8 Å². The van der Waals surface area contributed by atoms with Gasteiger partial charge in [-0.3, -0.25) is 14.7 Å². The Kier molecular flexibility index (Phi) is 7.87. The van der Waals surface area contributed by atoms with E-state index in [9.17, 15) is 9.59 Å². The van der Waals surface area contributed by atoms with Gasteiger partial charge in [-0.1, -0.05) is 24.8 Å². The SMILES string of the molecule is C=CCn1c(SCC(=O)NC(=O)NCCC)nnc1-c1ccc(OC)cc1. The number of allylic oxidation sites excluding steroid dienone is 1. The number of carbonyl (C=O) groups excluding carboxylic acids is 2. The Labute approximate surface area is 162 Å². The van der Waals surface area contributed by atoms with E-state index >= 15 is 0 Å². The molecule has 3 amide bonds. The number of hydrogen-bond donors (Lipinski definition) is 2. The minimum absolute atomic E-state index is 0.0530. The van der Waals surface area contributed by atoms with Crippen LogP contribution in [0.25, 0.3) is 11.4 Å². The summed E-state index contributed by atoms with van der Waals surface area (Å²) in [7, 11) is 1.61. The number of thioether (sulfide) groups is 1. The molecule has 2 N–H and O–H groups in total. The lowest BCUT2D eigenvalue weighted by Gasteiger charge is -2.08. The molecule has 0 fully saturated rings. The second-order valence-corrected chi connectivity index (χ2v) is 6.47. The zero-order chi connectivity index (χ0) is 19.6. The van der Waals surface area contributed by atoms with Gasteiger partial charge < -0.3 is 10.1 Å². The molecule has 2 rings (SSSR count). The molecule has 0 aliphatic heterocycles. The number of urea groups is 1. The highest BCUT2D eigenvalue weighted by molar-refractivity contribution is 7.99. The smallest absolute Gasteiger partial charge is 0.321 e. The van der Waals surface area contributed by atoms with E-state index in [0.717, 1.165) is 17.7 Å². The average Bonchev–Trinajstić information content (AvgIpc) is 3.07. The Balaban J connectivity index is 2.06. The number of ether oxygens (including phenoxy) is 1. The predicted molar refractivity (Wildman–Crippen MR) is 105 cm³/mol. The van der Waals surface area contributed by atoms with Crippen LogP contribution in [-0.2, 0) is 11.3 Å². The largest absolute Gasteiger partial charge is 0.497 e. The van der Waals surface area contributed by atoms with Crippen molar-refractivity contribution in [2.45, 2.75) is 25.0 Å². The van der Waals surface area contributed by atoms with Crippen molar-refractivity contribution in [3.05, 3.63) is 36.9 Å². The Hall–Kier alpha value is -2.81. The highest BCUT2D eigenvalue weighted by Crippen LogP contribution is 2.25. The molecule has 0 aliphatic rings. The summed E-state index contributed by atoms with van der Waals surface area (Å²) in [6, 6.07) is 6.98. The molecule has 0 spiro atoms. The van der Waals surface area contributed by atoms with Crippen molar-refractivity contribution in [2.24, 2.45) is 0 Å². The van der Waals surface area contributed by atoms with Gasteiger partial charge >= 0.3 is 6.03 Å². The van der Waals surface area contributed by atoms with E-state index in [1.807, 2.05) is 35.8 Å². The Morgan fingerprint density at radius 2 is 2.04 bits per heavy atom. The van der Waals surface area contributed by atoms with E-state index in [0.29, 0.717) is 24.1 Å². The highest BCUT2D eigenvalue weighted by Gasteiger charge is 2.16. The first-order chi connectivity index (χ1) is 13.1. The van der Waals surface area contributed by atoms with Gasteiger partial charge in [0.1, 0.15) is 5.75 Å². The molecule has 1 aromatic heterocycles. The molecule has 144 valence electrons.